The first-order chi connectivity index (χ1) is 12.1. The lowest BCUT2D eigenvalue weighted by atomic mass is 10.0. The molecule has 0 aliphatic heterocycles. The Labute approximate surface area is 164 Å². The molecule has 0 bridgehead atoms. The number of carbonyl (C=O) groups excluding carboxylic acids is 1. The largest absolute Gasteiger partial charge is 0.458 e. The van der Waals surface area contributed by atoms with Crippen molar-refractivity contribution >= 4 is 14.3 Å². The summed E-state index contributed by atoms with van der Waals surface area (Å²) in [5.74, 6) is -0.218. The van der Waals surface area contributed by atoms with Crippen LogP contribution in [0.25, 0.3) is 0 Å². The molecule has 0 heterocycles. The summed E-state index contributed by atoms with van der Waals surface area (Å²) in [5, 5.41) is 0.316. The van der Waals surface area contributed by atoms with Crippen LogP contribution in [0, 0.1) is 0 Å². The van der Waals surface area contributed by atoms with E-state index in [1.807, 2.05) is 0 Å². The fourth-order valence-electron chi connectivity index (χ4n) is 2.67. The molecule has 0 N–H and O–H groups in total. The molecule has 0 aliphatic rings. The van der Waals surface area contributed by atoms with E-state index >= 15 is 0 Å². The van der Waals surface area contributed by atoms with Gasteiger partial charge in [0.25, 0.3) is 0 Å². The van der Waals surface area contributed by atoms with E-state index in [-0.39, 0.29) is 12.1 Å². The van der Waals surface area contributed by atoms with Gasteiger partial charge in [0.2, 0.25) is 0 Å². The second-order valence-corrected chi connectivity index (χ2v) is 13.8. The number of unbranched alkanes of at least 4 members (excludes halogenated alkanes) is 8. The van der Waals surface area contributed by atoms with Crippen LogP contribution in [-0.4, -0.2) is 27.0 Å². The normalized spacial score (nSPS) is 13.5. The minimum absolute atomic E-state index is 0.110. The SMILES string of the molecule is C=C[C@H](CCCCCCCCCCCO[Si](C)(C)C(C)(C)C)OC(C)=O. The molecule has 4 heteroatoms. The third kappa shape index (κ3) is 12.7. The number of esters is 1. The van der Waals surface area contributed by atoms with Gasteiger partial charge in [0.15, 0.2) is 8.32 Å². The number of hydrogen-bond donors (Lipinski definition) is 0. The van der Waals surface area contributed by atoms with Crippen molar-refractivity contribution in [1.82, 2.24) is 0 Å². The maximum absolute atomic E-state index is 10.9. The monoisotopic (exact) mass is 384 g/mol. The molecule has 0 spiro atoms. The van der Waals surface area contributed by atoms with Crippen molar-refractivity contribution in [1.29, 1.82) is 0 Å². The van der Waals surface area contributed by atoms with Gasteiger partial charge in [0.05, 0.1) is 0 Å². The highest BCUT2D eigenvalue weighted by atomic mass is 28.4. The van der Waals surface area contributed by atoms with Crippen molar-refractivity contribution < 1.29 is 14.0 Å². The Hall–Kier alpha value is -0.613. The standard InChI is InChI=1S/C22H44O3Si/c1-8-21(25-20(2)23)18-16-14-12-10-9-11-13-15-17-19-24-26(6,7)22(3,4)5/h8,21H,1,9-19H2,2-7H3/t21-/m1/s1. The van der Waals surface area contributed by atoms with Crippen molar-refractivity contribution in [3.8, 4) is 0 Å². The molecule has 0 rings (SSSR count). The number of ether oxygens (including phenoxy) is 1. The molecular weight excluding hydrogens is 340 g/mol. The molecule has 3 nitrogen and oxygen atoms in total. The van der Waals surface area contributed by atoms with Crippen LogP contribution in [0.5, 0.6) is 0 Å². The predicted octanol–water partition coefficient (Wildman–Crippen LogP) is 7.03. The van der Waals surface area contributed by atoms with Crippen LogP contribution in [0.3, 0.4) is 0 Å². The second-order valence-electron chi connectivity index (χ2n) is 8.96. The summed E-state index contributed by atoms with van der Waals surface area (Å²) in [6.45, 7) is 17.7. The minimum Gasteiger partial charge on any atom is -0.458 e. The van der Waals surface area contributed by atoms with Crippen LogP contribution in [0.15, 0.2) is 12.7 Å². The lowest BCUT2D eigenvalue weighted by molar-refractivity contribution is -0.144. The lowest BCUT2D eigenvalue weighted by Gasteiger charge is -2.36. The van der Waals surface area contributed by atoms with Crippen LogP contribution >= 0.6 is 0 Å². The van der Waals surface area contributed by atoms with Gasteiger partial charge in [-0.3, -0.25) is 4.79 Å². The summed E-state index contributed by atoms with van der Waals surface area (Å²) in [7, 11) is -1.55. The van der Waals surface area contributed by atoms with Crippen LogP contribution in [0.2, 0.25) is 18.1 Å². The van der Waals surface area contributed by atoms with E-state index in [1.165, 1.54) is 58.3 Å². The number of hydrogen-bond acceptors (Lipinski definition) is 3. The van der Waals surface area contributed by atoms with Crippen molar-refractivity contribution in [2.75, 3.05) is 6.61 Å². The molecule has 0 radical (unpaired) electrons. The molecule has 0 aliphatic carbocycles. The number of carbonyl (C=O) groups is 1. The fraction of sp³-hybridized carbons (Fsp3) is 0.864. The third-order valence-corrected chi connectivity index (χ3v) is 10.0. The average Bonchev–Trinajstić information content (AvgIpc) is 2.53. The first-order valence-corrected chi connectivity index (χ1v) is 13.4. The molecule has 0 unspecified atom stereocenters. The van der Waals surface area contributed by atoms with Gasteiger partial charge >= 0.3 is 5.97 Å². The molecule has 0 aromatic rings. The van der Waals surface area contributed by atoms with Crippen LogP contribution in [0.1, 0.15) is 91.9 Å². The Balaban J connectivity index is 3.44. The maximum atomic E-state index is 10.9. The van der Waals surface area contributed by atoms with E-state index in [9.17, 15) is 4.79 Å². The van der Waals surface area contributed by atoms with Crippen molar-refractivity contribution in [3.05, 3.63) is 12.7 Å². The molecule has 26 heavy (non-hydrogen) atoms. The Bertz CT molecular complexity index is 385. The predicted molar refractivity (Wildman–Crippen MR) is 115 cm³/mol. The molecule has 0 aromatic carbocycles. The highest BCUT2D eigenvalue weighted by molar-refractivity contribution is 6.74. The minimum atomic E-state index is -1.55. The van der Waals surface area contributed by atoms with Gasteiger partial charge in [-0.1, -0.05) is 78.4 Å². The van der Waals surface area contributed by atoms with E-state index in [0.29, 0.717) is 5.04 Å². The average molecular weight is 385 g/mol. The van der Waals surface area contributed by atoms with Gasteiger partial charge in [0.1, 0.15) is 6.10 Å². The van der Waals surface area contributed by atoms with E-state index in [1.54, 1.807) is 6.08 Å². The highest BCUT2D eigenvalue weighted by Gasteiger charge is 2.36. The maximum Gasteiger partial charge on any atom is 0.303 e. The van der Waals surface area contributed by atoms with Gasteiger partial charge in [0, 0.05) is 13.5 Å². The summed E-state index contributed by atoms with van der Waals surface area (Å²) in [5.41, 5.74) is 0. The van der Waals surface area contributed by atoms with Crippen molar-refractivity contribution in [2.45, 2.75) is 116 Å². The zero-order chi connectivity index (χ0) is 20.1. The molecular formula is C22H44O3Si. The number of rotatable bonds is 15. The van der Waals surface area contributed by atoms with Gasteiger partial charge < -0.3 is 9.16 Å². The van der Waals surface area contributed by atoms with Crippen LogP contribution in [0.4, 0.5) is 0 Å². The van der Waals surface area contributed by atoms with Crippen LogP contribution < -0.4 is 0 Å². The van der Waals surface area contributed by atoms with E-state index in [2.05, 4.69) is 40.4 Å². The molecule has 0 amide bonds. The first kappa shape index (κ1) is 25.4. The third-order valence-electron chi connectivity index (χ3n) is 5.48. The molecule has 1 atom stereocenters. The van der Waals surface area contributed by atoms with E-state index in [4.69, 9.17) is 9.16 Å². The van der Waals surface area contributed by atoms with E-state index in [0.717, 1.165) is 19.4 Å². The molecule has 0 fully saturated rings. The zero-order valence-electron chi connectivity index (χ0n) is 18.4. The molecule has 0 saturated carbocycles. The van der Waals surface area contributed by atoms with Gasteiger partial charge in [-0.25, -0.2) is 0 Å². The second kappa shape index (κ2) is 13.5. The van der Waals surface area contributed by atoms with Crippen molar-refractivity contribution in [3.63, 3.8) is 0 Å². The van der Waals surface area contributed by atoms with Crippen molar-refractivity contribution in [2.24, 2.45) is 0 Å². The Kier molecular flexibility index (Phi) is 13.2. The molecule has 0 aromatic heterocycles. The quantitative estimate of drug-likeness (QED) is 0.132. The fourth-order valence-corrected chi connectivity index (χ4v) is 3.75. The molecule has 154 valence electrons. The Morgan fingerprint density at radius 2 is 1.42 bits per heavy atom. The Morgan fingerprint density at radius 1 is 0.962 bits per heavy atom. The first-order valence-electron chi connectivity index (χ1n) is 10.5. The van der Waals surface area contributed by atoms with Gasteiger partial charge in [-0.05, 0) is 37.4 Å². The summed E-state index contributed by atoms with van der Waals surface area (Å²) < 4.78 is 11.4. The highest BCUT2D eigenvalue weighted by Crippen LogP contribution is 2.36. The zero-order valence-corrected chi connectivity index (χ0v) is 19.4. The van der Waals surface area contributed by atoms with Crippen LogP contribution in [-0.2, 0) is 14.0 Å². The summed E-state index contributed by atoms with van der Waals surface area (Å²) in [4.78, 5) is 10.9. The topological polar surface area (TPSA) is 35.5 Å². The lowest BCUT2D eigenvalue weighted by Crippen LogP contribution is -2.40. The summed E-state index contributed by atoms with van der Waals surface area (Å²) >= 11 is 0. The van der Waals surface area contributed by atoms with E-state index < -0.39 is 8.32 Å². The Morgan fingerprint density at radius 3 is 1.85 bits per heavy atom. The summed E-state index contributed by atoms with van der Waals surface area (Å²) in [6.07, 6.45) is 13.9. The van der Waals surface area contributed by atoms with Gasteiger partial charge in [-0.2, -0.15) is 0 Å². The molecule has 0 saturated heterocycles. The summed E-state index contributed by atoms with van der Waals surface area (Å²) in [6, 6.07) is 0. The smallest absolute Gasteiger partial charge is 0.303 e. The van der Waals surface area contributed by atoms with Gasteiger partial charge in [-0.15, -0.1) is 0 Å².